The molecule has 5 heteroatoms. The lowest BCUT2D eigenvalue weighted by molar-refractivity contribution is -0.107. The summed E-state index contributed by atoms with van der Waals surface area (Å²) in [5, 5.41) is 6.85. The zero-order chi connectivity index (χ0) is 50.9. The lowest BCUT2D eigenvalue weighted by atomic mass is 9.96. The molecule has 0 aliphatic heterocycles. The van der Waals surface area contributed by atoms with Crippen molar-refractivity contribution in [2.75, 3.05) is 40.3 Å². The second kappa shape index (κ2) is 62.2. The zero-order valence-electron chi connectivity index (χ0n) is 48.0. The molecule has 0 aliphatic rings. The number of carbonyl (C=O) groups excluding carboxylic acids is 1. The Hall–Kier alpha value is -1.85. The molecule has 0 amide bonds. The van der Waals surface area contributed by atoms with Crippen molar-refractivity contribution in [3.05, 3.63) is 48.4 Å². The number of likely N-dealkylation sites (N-methyl/N-ethyl adjacent to an activating group) is 1. The van der Waals surface area contributed by atoms with Crippen LogP contribution in [0.15, 0.2) is 48.4 Å². The number of methoxy groups -OCH3 is 1. The van der Waals surface area contributed by atoms with E-state index in [4.69, 9.17) is 4.74 Å². The van der Waals surface area contributed by atoms with Crippen molar-refractivity contribution < 1.29 is 9.53 Å². The number of hydrogen-bond acceptors (Lipinski definition) is 5. The minimum absolute atomic E-state index is 0.525. The van der Waals surface area contributed by atoms with E-state index < -0.39 is 0 Å². The van der Waals surface area contributed by atoms with Gasteiger partial charge in [0, 0.05) is 27.1 Å². The van der Waals surface area contributed by atoms with Crippen LogP contribution in [0.25, 0.3) is 0 Å². The number of hydrogen-bond donors (Lipinski definition) is 2. The quantitative estimate of drug-likeness (QED) is 0.0276. The first-order valence-electron chi connectivity index (χ1n) is 29.4. The van der Waals surface area contributed by atoms with E-state index >= 15 is 0 Å². The van der Waals surface area contributed by atoms with Crippen LogP contribution in [0.4, 0.5) is 0 Å². The fraction of sp³-hybridized carbons (Fsp3) is 0.855. The smallest absolute Gasteiger partial charge is 0.119 e. The molecule has 400 valence electrons. The Morgan fingerprint density at radius 1 is 0.522 bits per heavy atom. The molecule has 0 aromatic carbocycles. The number of carbonyl (C=O) groups is 1. The van der Waals surface area contributed by atoms with Crippen molar-refractivity contribution in [1.82, 2.24) is 15.5 Å². The summed E-state index contributed by atoms with van der Waals surface area (Å²) in [6.07, 6.45) is 51.3. The van der Waals surface area contributed by atoms with E-state index in [0.29, 0.717) is 12.5 Å². The summed E-state index contributed by atoms with van der Waals surface area (Å²) in [5.74, 6) is 1.01. The fourth-order valence-electron chi connectivity index (χ4n) is 8.70. The van der Waals surface area contributed by atoms with Gasteiger partial charge in [-0.1, -0.05) is 241 Å². The molecular weight excluding hydrogens is 819 g/mol. The van der Waals surface area contributed by atoms with E-state index in [2.05, 4.69) is 69.9 Å². The Kier molecular flexibility index (Phi) is 66.5. The highest BCUT2D eigenvalue weighted by Gasteiger charge is 2.10. The molecule has 0 heterocycles. The van der Waals surface area contributed by atoms with Crippen LogP contribution in [0.3, 0.4) is 0 Å². The summed E-state index contributed by atoms with van der Waals surface area (Å²) in [6.45, 7) is 36.0. The van der Waals surface area contributed by atoms with E-state index in [1.165, 1.54) is 219 Å². The maximum Gasteiger partial charge on any atom is 0.119 e. The molecule has 0 saturated carbocycles. The molecule has 0 atom stereocenters. The van der Waals surface area contributed by atoms with Crippen molar-refractivity contribution in [1.29, 1.82) is 0 Å². The van der Waals surface area contributed by atoms with E-state index in [0.717, 1.165) is 67.1 Å². The molecule has 0 radical (unpaired) electrons. The number of nitrogens with zero attached hydrogens (tertiary/aromatic N) is 1. The van der Waals surface area contributed by atoms with Crippen molar-refractivity contribution in [2.24, 2.45) is 5.92 Å². The lowest BCUT2D eigenvalue weighted by Crippen LogP contribution is -2.30. The zero-order valence-corrected chi connectivity index (χ0v) is 48.0. The van der Waals surface area contributed by atoms with Crippen molar-refractivity contribution >= 4 is 6.29 Å². The molecule has 0 rings (SSSR count). The Labute approximate surface area is 423 Å². The van der Waals surface area contributed by atoms with Gasteiger partial charge in [-0.15, -0.1) is 6.58 Å². The molecule has 0 aliphatic carbocycles. The molecule has 0 aromatic heterocycles. The summed E-state index contributed by atoms with van der Waals surface area (Å²) in [7, 11) is 3.82. The molecule has 2 N–H and O–H groups in total. The molecule has 0 fully saturated rings. The minimum atomic E-state index is 0.525. The minimum Gasteiger partial charge on any atom is -0.386 e. The number of nitrogens with one attached hydrogen (secondary N) is 2. The Morgan fingerprint density at radius 3 is 1.27 bits per heavy atom. The SMILES string of the molecule is C=CCCCCCCCN(CCCCCCCC=O)CCCN/C(C(=C)C)=C(\NC)C(=C)C.CC.CCCCCCCCC(CC)CC.CCCCCCCCC(CCCCCCCC)OC. The average Bonchev–Trinajstić information content (AvgIpc) is 3.33. The number of allylic oxidation sites excluding steroid dienone is 3. The molecule has 67 heavy (non-hydrogen) atoms. The van der Waals surface area contributed by atoms with Crippen molar-refractivity contribution in [3.8, 4) is 0 Å². The van der Waals surface area contributed by atoms with E-state index in [1.54, 1.807) is 0 Å². The lowest BCUT2D eigenvalue weighted by Gasteiger charge is -2.23. The third-order valence-electron chi connectivity index (χ3n) is 13.2. The summed E-state index contributed by atoms with van der Waals surface area (Å²) in [5.41, 5.74) is 4.17. The largest absolute Gasteiger partial charge is 0.386 e. The maximum atomic E-state index is 10.4. The predicted octanol–water partition coefficient (Wildman–Crippen LogP) is 19.6. The van der Waals surface area contributed by atoms with Gasteiger partial charge in [0.2, 0.25) is 0 Å². The Bertz CT molecular complexity index is 996. The number of unbranched alkanes of at least 4 members (excludes halogenated alkanes) is 25. The van der Waals surface area contributed by atoms with Crippen LogP contribution in [-0.2, 0) is 9.53 Å². The first-order valence-corrected chi connectivity index (χ1v) is 29.4. The van der Waals surface area contributed by atoms with Gasteiger partial charge in [0.15, 0.2) is 0 Å². The summed E-state index contributed by atoms with van der Waals surface area (Å²) in [6, 6.07) is 0. The monoisotopic (exact) mass is 944 g/mol. The van der Waals surface area contributed by atoms with Gasteiger partial charge in [-0.2, -0.15) is 0 Å². The van der Waals surface area contributed by atoms with Gasteiger partial charge in [0.05, 0.1) is 17.5 Å². The highest BCUT2D eigenvalue weighted by molar-refractivity contribution is 5.48. The van der Waals surface area contributed by atoms with Gasteiger partial charge in [-0.25, -0.2) is 0 Å². The number of ether oxygens (including phenoxy) is 1. The molecule has 0 bridgehead atoms. The third-order valence-corrected chi connectivity index (χ3v) is 13.2. The van der Waals surface area contributed by atoms with Crippen LogP contribution >= 0.6 is 0 Å². The van der Waals surface area contributed by atoms with Gasteiger partial charge in [0.25, 0.3) is 0 Å². The van der Waals surface area contributed by atoms with Crippen LogP contribution in [0, 0.1) is 5.92 Å². The van der Waals surface area contributed by atoms with Crippen LogP contribution in [0.5, 0.6) is 0 Å². The standard InChI is InChI=1S/C29H53N3O.C18H38O.C13H28.C2H6/c1-7-8-9-10-11-14-17-22-32(23-18-15-12-13-16-19-25-33)24-20-21-31-29(27(4)5)28(30-6)26(2)3;1-4-6-8-10-12-14-16-18(19-3)17-15-13-11-9-7-5-2;1-4-7-8-9-10-11-12-13(5-2)6-3;1-2/h7,25,30-31H,1-2,4,8-24H2,3,5-6H3;18H,4-17H2,1-3H3;13H,4-12H2,1-3H3;1-2H3/b29-28-;;;. The number of rotatable bonds is 48. The molecular formula is C62H125N3O2. The highest BCUT2D eigenvalue weighted by atomic mass is 16.5. The predicted molar refractivity (Wildman–Crippen MR) is 307 cm³/mol. The van der Waals surface area contributed by atoms with Crippen LogP contribution in [0.2, 0.25) is 0 Å². The normalized spacial score (nSPS) is 11.3. The van der Waals surface area contributed by atoms with E-state index in [9.17, 15) is 4.79 Å². The molecule has 5 nitrogen and oxygen atoms in total. The van der Waals surface area contributed by atoms with Gasteiger partial charge in [-0.3, -0.25) is 0 Å². The van der Waals surface area contributed by atoms with Gasteiger partial charge in [0.1, 0.15) is 6.29 Å². The molecule has 0 saturated heterocycles. The Morgan fingerprint density at radius 2 is 0.896 bits per heavy atom. The van der Waals surface area contributed by atoms with Gasteiger partial charge >= 0.3 is 0 Å². The third kappa shape index (κ3) is 55.0. The van der Waals surface area contributed by atoms with Gasteiger partial charge in [-0.05, 0) is 102 Å². The van der Waals surface area contributed by atoms with Gasteiger partial charge < -0.3 is 25.1 Å². The highest BCUT2D eigenvalue weighted by Crippen LogP contribution is 2.19. The molecule has 0 spiro atoms. The first kappa shape index (κ1) is 71.7. The first-order chi connectivity index (χ1) is 32.7. The maximum absolute atomic E-state index is 10.4. The van der Waals surface area contributed by atoms with Crippen molar-refractivity contribution in [2.45, 2.75) is 300 Å². The van der Waals surface area contributed by atoms with E-state index in [1.807, 2.05) is 47.9 Å². The fourth-order valence-corrected chi connectivity index (χ4v) is 8.70. The summed E-state index contributed by atoms with van der Waals surface area (Å²) >= 11 is 0. The second-order valence-corrected chi connectivity index (χ2v) is 19.5. The molecule has 0 aromatic rings. The van der Waals surface area contributed by atoms with Crippen LogP contribution < -0.4 is 10.6 Å². The molecule has 0 unspecified atom stereocenters. The second-order valence-electron chi connectivity index (χ2n) is 19.5. The summed E-state index contributed by atoms with van der Waals surface area (Å²) in [4.78, 5) is 13.1. The van der Waals surface area contributed by atoms with Crippen molar-refractivity contribution in [3.63, 3.8) is 0 Å². The van der Waals surface area contributed by atoms with Crippen LogP contribution in [-0.4, -0.2) is 57.6 Å². The van der Waals surface area contributed by atoms with E-state index in [-0.39, 0.29) is 0 Å². The Balaban J connectivity index is -0.000000489. The average molecular weight is 945 g/mol. The summed E-state index contributed by atoms with van der Waals surface area (Å²) < 4.78 is 5.61. The van der Waals surface area contributed by atoms with Crippen LogP contribution in [0.1, 0.15) is 293 Å². The topological polar surface area (TPSA) is 53.6 Å². The number of aldehydes is 1.